The molecule has 1 aliphatic rings. The van der Waals surface area contributed by atoms with E-state index in [1.54, 1.807) is 25.2 Å². The number of thiophene rings is 1. The van der Waals surface area contributed by atoms with Crippen LogP contribution in [0.3, 0.4) is 0 Å². The molecule has 0 saturated carbocycles. The van der Waals surface area contributed by atoms with Crippen LogP contribution >= 0.6 is 11.3 Å². The molecule has 1 aromatic carbocycles. The topological polar surface area (TPSA) is 83.6 Å². The normalized spacial score (nSPS) is 18.3. The van der Waals surface area contributed by atoms with Gasteiger partial charge in [-0.1, -0.05) is 6.07 Å². The number of amides is 2. The lowest BCUT2D eigenvalue weighted by Crippen LogP contribution is -2.33. The summed E-state index contributed by atoms with van der Waals surface area (Å²) in [6, 6.07) is 9.85. The molecule has 0 atom stereocenters. The lowest BCUT2D eigenvalue weighted by atomic mass is 9.95. The standard InChI is InChI=1S/C17H18N2O4S2/c1-17(2)11-25(22,23)19(16(17)21)13-7-5-12(6-8-13)15(20)18-10-14-4-3-9-24-14/h3-9H,10-11H2,1-2H3,(H,18,20). The molecule has 8 heteroatoms. The maximum atomic E-state index is 12.4. The third-order valence-corrected chi connectivity index (χ3v) is 6.85. The summed E-state index contributed by atoms with van der Waals surface area (Å²) in [5.41, 5.74) is -0.288. The lowest BCUT2D eigenvalue weighted by Gasteiger charge is -2.17. The van der Waals surface area contributed by atoms with E-state index in [2.05, 4.69) is 5.32 Å². The van der Waals surface area contributed by atoms with Crippen LogP contribution in [0, 0.1) is 5.41 Å². The molecule has 1 aliphatic heterocycles. The fourth-order valence-electron chi connectivity index (χ4n) is 2.69. The van der Waals surface area contributed by atoms with Crippen molar-refractivity contribution in [1.29, 1.82) is 0 Å². The van der Waals surface area contributed by atoms with Gasteiger partial charge in [-0.2, -0.15) is 0 Å². The van der Waals surface area contributed by atoms with Crippen molar-refractivity contribution in [3.8, 4) is 0 Å². The number of nitrogens with zero attached hydrogens (tertiary/aromatic N) is 1. The highest BCUT2D eigenvalue weighted by Crippen LogP contribution is 2.35. The van der Waals surface area contributed by atoms with E-state index < -0.39 is 21.3 Å². The van der Waals surface area contributed by atoms with Crippen LogP contribution in [0.1, 0.15) is 29.1 Å². The molecule has 1 fully saturated rings. The van der Waals surface area contributed by atoms with Crippen LogP contribution in [0.25, 0.3) is 0 Å². The number of rotatable bonds is 4. The van der Waals surface area contributed by atoms with Gasteiger partial charge in [0.15, 0.2) is 0 Å². The molecule has 0 radical (unpaired) electrons. The minimum absolute atomic E-state index is 0.220. The van der Waals surface area contributed by atoms with Gasteiger partial charge in [0.05, 0.1) is 23.4 Å². The van der Waals surface area contributed by atoms with Gasteiger partial charge in [0.25, 0.3) is 5.91 Å². The first-order valence-electron chi connectivity index (χ1n) is 7.69. The summed E-state index contributed by atoms with van der Waals surface area (Å²) in [5, 5.41) is 4.74. The first kappa shape index (κ1) is 17.6. The van der Waals surface area contributed by atoms with Crippen molar-refractivity contribution in [3.63, 3.8) is 0 Å². The van der Waals surface area contributed by atoms with E-state index >= 15 is 0 Å². The van der Waals surface area contributed by atoms with E-state index in [1.807, 2.05) is 17.5 Å². The second-order valence-electron chi connectivity index (χ2n) is 6.52. The van der Waals surface area contributed by atoms with E-state index in [9.17, 15) is 18.0 Å². The predicted octanol–water partition coefficient (Wildman–Crippen LogP) is 2.38. The van der Waals surface area contributed by atoms with Crippen molar-refractivity contribution < 1.29 is 18.0 Å². The van der Waals surface area contributed by atoms with Crippen LogP contribution in [-0.4, -0.2) is 26.0 Å². The molecule has 6 nitrogen and oxygen atoms in total. The number of sulfonamides is 1. The number of hydrogen-bond donors (Lipinski definition) is 1. The Bertz CT molecular complexity index is 901. The maximum absolute atomic E-state index is 12.4. The van der Waals surface area contributed by atoms with Crippen LogP contribution in [0.4, 0.5) is 5.69 Å². The Morgan fingerprint density at radius 3 is 2.44 bits per heavy atom. The minimum Gasteiger partial charge on any atom is -0.347 e. The van der Waals surface area contributed by atoms with E-state index in [1.165, 1.54) is 24.3 Å². The Hall–Kier alpha value is -2.19. The molecule has 0 spiro atoms. The number of nitrogens with one attached hydrogen (secondary N) is 1. The number of hydrogen-bond acceptors (Lipinski definition) is 5. The quantitative estimate of drug-likeness (QED) is 0.885. The fraction of sp³-hybridized carbons (Fsp3) is 0.294. The number of anilines is 1. The van der Waals surface area contributed by atoms with E-state index in [0.29, 0.717) is 12.1 Å². The van der Waals surface area contributed by atoms with Gasteiger partial charge in [0.2, 0.25) is 15.9 Å². The molecule has 1 aromatic heterocycles. The molecule has 3 rings (SSSR count). The summed E-state index contributed by atoms with van der Waals surface area (Å²) < 4.78 is 25.4. The second kappa shape index (κ2) is 6.27. The van der Waals surface area contributed by atoms with Crippen LogP contribution in [-0.2, 0) is 21.4 Å². The van der Waals surface area contributed by atoms with Crippen molar-refractivity contribution >= 4 is 38.9 Å². The minimum atomic E-state index is -3.69. The van der Waals surface area contributed by atoms with E-state index in [4.69, 9.17) is 0 Å². The molecular weight excluding hydrogens is 360 g/mol. The second-order valence-corrected chi connectivity index (χ2v) is 9.37. The Kier molecular flexibility index (Phi) is 4.42. The van der Waals surface area contributed by atoms with Crippen molar-refractivity contribution in [2.24, 2.45) is 5.41 Å². The molecule has 25 heavy (non-hydrogen) atoms. The molecule has 0 aliphatic carbocycles. The Balaban J connectivity index is 1.76. The maximum Gasteiger partial charge on any atom is 0.251 e. The SMILES string of the molecule is CC1(C)CS(=O)(=O)N(c2ccc(C(=O)NCc3cccs3)cc2)C1=O. The smallest absolute Gasteiger partial charge is 0.251 e. The monoisotopic (exact) mass is 378 g/mol. The van der Waals surface area contributed by atoms with Gasteiger partial charge in [-0.05, 0) is 49.6 Å². The molecule has 0 unspecified atom stereocenters. The van der Waals surface area contributed by atoms with Crippen molar-refractivity contribution in [1.82, 2.24) is 5.32 Å². The lowest BCUT2D eigenvalue weighted by molar-refractivity contribution is -0.123. The molecule has 1 N–H and O–H groups in total. The first-order valence-corrected chi connectivity index (χ1v) is 10.2. The molecular formula is C17H18N2O4S2. The van der Waals surface area contributed by atoms with Crippen LogP contribution in [0.5, 0.6) is 0 Å². The van der Waals surface area contributed by atoms with E-state index in [-0.39, 0.29) is 17.3 Å². The third kappa shape index (κ3) is 3.45. The molecule has 2 amide bonds. The zero-order valence-corrected chi connectivity index (χ0v) is 15.5. The van der Waals surface area contributed by atoms with Gasteiger partial charge in [-0.3, -0.25) is 9.59 Å². The summed E-state index contributed by atoms with van der Waals surface area (Å²) in [6.45, 7) is 3.66. The first-order chi connectivity index (χ1) is 11.7. The average molecular weight is 378 g/mol. The van der Waals surface area contributed by atoms with Crippen LogP contribution in [0.2, 0.25) is 0 Å². The van der Waals surface area contributed by atoms with Crippen LogP contribution < -0.4 is 9.62 Å². The van der Waals surface area contributed by atoms with Crippen LogP contribution in [0.15, 0.2) is 41.8 Å². The third-order valence-electron chi connectivity index (χ3n) is 3.95. The van der Waals surface area contributed by atoms with Gasteiger partial charge < -0.3 is 5.32 Å². The molecule has 1 saturated heterocycles. The number of carbonyl (C=O) groups is 2. The molecule has 2 aromatic rings. The molecule has 132 valence electrons. The van der Waals surface area contributed by atoms with Gasteiger partial charge in [-0.15, -0.1) is 11.3 Å². The summed E-state index contributed by atoms with van der Waals surface area (Å²) in [4.78, 5) is 25.6. The fourth-order valence-corrected chi connectivity index (χ4v) is 5.44. The van der Waals surface area contributed by atoms with Gasteiger partial charge in [0.1, 0.15) is 0 Å². The number of carbonyl (C=O) groups excluding carboxylic acids is 2. The van der Waals surface area contributed by atoms with Crippen molar-refractivity contribution in [2.45, 2.75) is 20.4 Å². The zero-order valence-electron chi connectivity index (χ0n) is 13.9. The molecule has 2 heterocycles. The molecule has 0 bridgehead atoms. The van der Waals surface area contributed by atoms with Gasteiger partial charge >= 0.3 is 0 Å². The Labute approximate surface area is 150 Å². The van der Waals surface area contributed by atoms with Gasteiger partial charge in [0, 0.05) is 10.4 Å². The summed E-state index contributed by atoms with van der Waals surface area (Å²) in [5.74, 6) is -0.930. The number of benzene rings is 1. The average Bonchev–Trinajstić information content (AvgIpc) is 3.10. The highest BCUT2D eigenvalue weighted by Gasteiger charge is 2.49. The van der Waals surface area contributed by atoms with Gasteiger partial charge in [-0.25, -0.2) is 12.7 Å². The summed E-state index contributed by atoms with van der Waals surface area (Å²) in [7, 11) is -3.69. The largest absolute Gasteiger partial charge is 0.347 e. The highest BCUT2D eigenvalue weighted by molar-refractivity contribution is 7.94. The van der Waals surface area contributed by atoms with Crippen molar-refractivity contribution in [2.75, 3.05) is 10.1 Å². The predicted molar refractivity (Wildman–Crippen MR) is 97.0 cm³/mol. The summed E-state index contributed by atoms with van der Waals surface area (Å²) in [6.07, 6.45) is 0. The Morgan fingerprint density at radius 1 is 1.24 bits per heavy atom. The zero-order chi connectivity index (χ0) is 18.2. The van der Waals surface area contributed by atoms with Crippen molar-refractivity contribution in [3.05, 3.63) is 52.2 Å². The highest BCUT2D eigenvalue weighted by atomic mass is 32.2. The summed E-state index contributed by atoms with van der Waals surface area (Å²) >= 11 is 1.55. The van der Waals surface area contributed by atoms with E-state index in [0.717, 1.165) is 9.18 Å². The Morgan fingerprint density at radius 2 is 1.92 bits per heavy atom.